The fraction of sp³-hybridized carbons (Fsp3) is 0.455. The molecule has 0 bridgehead atoms. The number of benzene rings is 1. The highest BCUT2D eigenvalue weighted by atomic mass is 32.2. The maximum Gasteiger partial charge on any atom is 0.216 e. The van der Waals surface area contributed by atoms with E-state index in [4.69, 9.17) is 5.73 Å². The van der Waals surface area contributed by atoms with Gasteiger partial charge in [0.1, 0.15) is 5.82 Å². The predicted octanol–water partition coefficient (Wildman–Crippen LogP) is 0.982. The highest BCUT2D eigenvalue weighted by Crippen LogP contribution is 2.09. The lowest BCUT2D eigenvalue weighted by Crippen LogP contribution is -2.49. The van der Waals surface area contributed by atoms with Gasteiger partial charge in [0.15, 0.2) is 0 Å². The van der Waals surface area contributed by atoms with E-state index in [1.165, 1.54) is 24.3 Å². The molecule has 17 heavy (non-hydrogen) atoms. The maximum atomic E-state index is 12.7. The van der Waals surface area contributed by atoms with Gasteiger partial charge < -0.3 is 5.73 Å². The van der Waals surface area contributed by atoms with Crippen molar-refractivity contribution in [2.75, 3.05) is 6.54 Å². The van der Waals surface area contributed by atoms with Crippen LogP contribution in [0.5, 0.6) is 0 Å². The summed E-state index contributed by atoms with van der Waals surface area (Å²) in [7, 11) is -3.47. The second kappa shape index (κ2) is 5.12. The molecule has 6 heteroatoms. The average Bonchev–Trinajstić information content (AvgIpc) is 2.20. The molecule has 0 unspecified atom stereocenters. The molecule has 0 heterocycles. The minimum absolute atomic E-state index is 0.184. The highest BCUT2D eigenvalue weighted by molar-refractivity contribution is 7.88. The summed E-state index contributed by atoms with van der Waals surface area (Å²) in [5.74, 6) is -0.571. The zero-order chi connectivity index (χ0) is 13.1. The number of sulfonamides is 1. The topological polar surface area (TPSA) is 72.2 Å². The molecule has 0 saturated heterocycles. The molecular formula is C11H17FN2O2S. The maximum absolute atomic E-state index is 12.7. The van der Waals surface area contributed by atoms with E-state index in [0.717, 1.165) is 0 Å². The molecule has 1 aromatic carbocycles. The number of rotatable bonds is 5. The number of nitrogens with one attached hydrogen (secondary N) is 1. The summed E-state index contributed by atoms with van der Waals surface area (Å²) in [6.45, 7) is 3.61. The lowest BCUT2D eigenvalue weighted by Gasteiger charge is -2.23. The van der Waals surface area contributed by atoms with Crippen LogP contribution in [-0.2, 0) is 15.8 Å². The van der Waals surface area contributed by atoms with Gasteiger partial charge in [0.2, 0.25) is 10.0 Å². The van der Waals surface area contributed by atoms with Crippen molar-refractivity contribution in [2.45, 2.75) is 25.1 Å². The Bertz CT molecular complexity index is 469. The Balaban J connectivity index is 2.77. The molecule has 4 nitrogen and oxygen atoms in total. The number of hydrogen-bond acceptors (Lipinski definition) is 3. The van der Waals surface area contributed by atoms with E-state index in [1.807, 2.05) is 0 Å². The zero-order valence-corrected chi connectivity index (χ0v) is 10.7. The van der Waals surface area contributed by atoms with Crippen molar-refractivity contribution in [1.29, 1.82) is 0 Å². The average molecular weight is 260 g/mol. The third kappa shape index (κ3) is 4.80. The molecule has 0 amide bonds. The van der Waals surface area contributed by atoms with Gasteiger partial charge in [-0.3, -0.25) is 0 Å². The van der Waals surface area contributed by atoms with Gasteiger partial charge in [-0.2, -0.15) is 0 Å². The molecule has 1 rings (SSSR count). The van der Waals surface area contributed by atoms with Gasteiger partial charge in [-0.1, -0.05) is 12.1 Å². The van der Waals surface area contributed by atoms with Gasteiger partial charge >= 0.3 is 0 Å². The number of hydrogen-bond donors (Lipinski definition) is 2. The SMILES string of the molecule is CC(C)(CN)NS(=O)(=O)Cc1ccc(F)cc1. The van der Waals surface area contributed by atoms with E-state index in [1.54, 1.807) is 13.8 Å². The van der Waals surface area contributed by atoms with E-state index < -0.39 is 15.6 Å². The molecule has 0 aliphatic heterocycles. The van der Waals surface area contributed by atoms with E-state index in [9.17, 15) is 12.8 Å². The second-order valence-electron chi connectivity index (χ2n) is 4.58. The van der Waals surface area contributed by atoms with E-state index >= 15 is 0 Å². The standard InChI is InChI=1S/C11H17FN2O2S/c1-11(2,8-13)14-17(15,16)7-9-3-5-10(12)6-4-9/h3-6,14H,7-8,13H2,1-2H3. The first kappa shape index (κ1) is 14.1. The quantitative estimate of drug-likeness (QED) is 0.829. The fourth-order valence-corrected chi connectivity index (χ4v) is 2.93. The third-order valence-corrected chi connectivity index (χ3v) is 3.79. The van der Waals surface area contributed by atoms with Crippen molar-refractivity contribution in [3.05, 3.63) is 35.6 Å². The first-order chi connectivity index (χ1) is 7.74. The summed E-state index contributed by atoms with van der Waals surface area (Å²) in [6.07, 6.45) is 0. The lowest BCUT2D eigenvalue weighted by atomic mass is 10.1. The van der Waals surface area contributed by atoms with Crippen molar-refractivity contribution in [2.24, 2.45) is 5.73 Å². The first-order valence-electron chi connectivity index (χ1n) is 5.20. The predicted molar refractivity (Wildman–Crippen MR) is 65.3 cm³/mol. The van der Waals surface area contributed by atoms with E-state index in [0.29, 0.717) is 5.56 Å². The molecule has 3 N–H and O–H groups in total. The lowest BCUT2D eigenvalue weighted by molar-refractivity contribution is 0.462. The Morgan fingerprint density at radius 3 is 2.29 bits per heavy atom. The van der Waals surface area contributed by atoms with Crippen LogP contribution >= 0.6 is 0 Å². The number of nitrogens with two attached hydrogens (primary N) is 1. The molecule has 0 aliphatic carbocycles. The van der Waals surface area contributed by atoms with Gasteiger partial charge in [0.05, 0.1) is 5.75 Å². The molecule has 0 saturated carbocycles. The van der Waals surface area contributed by atoms with Crippen LogP contribution in [0.15, 0.2) is 24.3 Å². The van der Waals surface area contributed by atoms with Crippen LogP contribution in [-0.4, -0.2) is 20.5 Å². The molecule has 0 aliphatic rings. The van der Waals surface area contributed by atoms with E-state index in [2.05, 4.69) is 4.72 Å². The second-order valence-corrected chi connectivity index (χ2v) is 6.30. The third-order valence-electron chi connectivity index (χ3n) is 2.21. The van der Waals surface area contributed by atoms with Gasteiger partial charge in [0.25, 0.3) is 0 Å². The zero-order valence-electron chi connectivity index (χ0n) is 9.90. The highest BCUT2D eigenvalue weighted by Gasteiger charge is 2.23. The van der Waals surface area contributed by atoms with Crippen molar-refractivity contribution in [1.82, 2.24) is 4.72 Å². The Morgan fingerprint density at radius 1 is 1.29 bits per heavy atom. The Kier molecular flexibility index (Phi) is 4.24. The van der Waals surface area contributed by atoms with Crippen LogP contribution in [0.2, 0.25) is 0 Å². The van der Waals surface area contributed by atoms with Crippen molar-refractivity contribution in [3.8, 4) is 0 Å². The summed E-state index contributed by atoms with van der Waals surface area (Å²) in [5, 5.41) is 0. The fourth-order valence-electron chi connectivity index (χ4n) is 1.30. The molecule has 1 aromatic rings. The van der Waals surface area contributed by atoms with Crippen molar-refractivity contribution < 1.29 is 12.8 Å². The normalized spacial score (nSPS) is 12.7. The summed E-state index contributed by atoms with van der Waals surface area (Å²) in [5.41, 5.74) is 5.30. The van der Waals surface area contributed by atoms with Crippen LogP contribution in [0.25, 0.3) is 0 Å². The summed E-state index contributed by atoms with van der Waals surface area (Å²) in [6, 6.07) is 5.37. The molecule has 96 valence electrons. The Labute approximate surface area is 101 Å². The molecule has 0 fully saturated rings. The minimum Gasteiger partial charge on any atom is -0.329 e. The van der Waals surface area contributed by atoms with E-state index in [-0.39, 0.29) is 18.1 Å². The van der Waals surface area contributed by atoms with Crippen LogP contribution in [0.3, 0.4) is 0 Å². The van der Waals surface area contributed by atoms with Gasteiger partial charge in [-0.05, 0) is 31.5 Å². The molecule has 0 radical (unpaired) electrons. The smallest absolute Gasteiger partial charge is 0.216 e. The summed E-state index contributed by atoms with van der Waals surface area (Å²) in [4.78, 5) is 0. The Hall–Kier alpha value is -0.980. The van der Waals surface area contributed by atoms with Crippen LogP contribution in [0.1, 0.15) is 19.4 Å². The summed E-state index contributed by atoms with van der Waals surface area (Å²) >= 11 is 0. The minimum atomic E-state index is -3.47. The molecule has 0 spiro atoms. The largest absolute Gasteiger partial charge is 0.329 e. The van der Waals surface area contributed by atoms with Gasteiger partial charge in [-0.15, -0.1) is 0 Å². The first-order valence-corrected chi connectivity index (χ1v) is 6.85. The number of halogens is 1. The van der Waals surface area contributed by atoms with Crippen molar-refractivity contribution in [3.63, 3.8) is 0 Å². The van der Waals surface area contributed by atoms with Gasteiger partial charge in [0, 0.05) is 12.1 Å². The van der Waals surface area contributed by atoms with Crippen LogP contribution in [0.4, 0.5) is 4.39 Å². The summed E-state index contributed by atoms with van der Waals surface area (Å²) < 4.78 is 38.8. The Morgan fingerprint density at radius 2 is 1.82 bits per heavy atom. The molecule has 0 aromatic heterocycles. The molecular weight excluding hydrogens is 243 g/mol. The monoisotopic (exact) mass is 260 g/mol. The molecule has 0 atom stereocenters. The van der Waals surface area contributed by atoms with Crippen molar-refractivity contribution >= 4 is 10.0 Å². The van der Waals surface area contributed by atoms with Crippen LogP contribution in [0, 0.1) is 5.82 Å². The van der Waals surface area contributed by atoms with Gasteiger partial charge in [-0.25, -0.2) is 17.5 Å². The van der Waals surface area contributed by atoms with Crippen LogP contribution < -0.4 is 10.5 Å².